The van der Waals surface area contributed by atoms with E-state index in [-0.39, 0.29) is 41.1 Å². The van der Waals surface area contributed by atoms with Gasteiger partial charge >= 0.3 is 246 Å². The summed E-state index contributed by atoms with van der Waals surface area (Å²) in [6, 6.07) is 10.2. The minimum atomic E-state index is -2.25. The summed E-state index contributed by atoms with van der Waals surface area (Å²) in [6.07, 6.45) is 8.70. The largest absolute Gasteiger partial charge is 1.00 e. The molecular formula is C38H46Cl2Zr. The average Bonchev–Trinajstić information content (AvgIpc) is 3.49. The van der Waals surface area contributed by atoms with Gasteiger partial charge in [-0.2, -0.15) is 0 Å². The Hall–Kier alpha value is -1.27. The first kappa shape index (κ1) is 32.6. The van der Waals surface area contributed by atoms with Crippen LogP contribution < -0.4 is 24.8 Å². The van der Waals surface area contributed by atoms with Crippen molar-refractivity contribution in [3.63, 3.8) is 0 Å². The molecule has 0 spiro atoms. The van der Waals surface area contributed by atoms with Crippen molar-refractivity contribution >= 4 is 14.4 Å². The van der Waals surface area contributed by atoms with Crippen LogP contribution in [-0.4, -0.2) is 3.21 Å². The van der Waals surface area contributed by atoms with Crippen LogP contribution in [0.3, 0.4) is 0 Å². The second kappa shape index (κ2) is 10.4. The van der Waals surface area contributed by atoms with Gasteiger partial charge in [0.25, 0.3) is 0 Å². The molecule has 4 aliphatic carbocycles. The fraction of sp³-hybridized carbons (Fsp3) is 0.447. The molecule has 0 fully saturated rings. The van der Waals surface area contributed by atoms with Gasteiger partial charge in [-0.25, -0.2) is 0 Å². The number of allylic oxidation sites excluding steroid dienone is 8. The van der Waals surface area contributed by atoms with Gasteiger partial charge in [-0.1, -0.05) is 0 Å². The van der Waals surface area contributed by atoms with E-state index >= 15 is 0 Å². The Labute approximate surface area is 269 Å². The zero-order valence-corrected chi connectivity index (χ0v) is 31.1. The van der Waals surface area contributed by atoms with E-state index in [1.807, 2.05) is 0 Å². The minimum Gasteiger partial charge on any atom is -1.00 e. The third-order valence-corrected chi connectivity index (χ3v) is 19.1. The summed E-state index contributed by atoms with van der Waals surface area (Å²) in [5, 5.41) is 0. The molecule has 0 radical (unpaired) electrons. The molecule has 2 aromatic rings. The van der Waals surface area contributed by atoms with Gasteiger partial charge < -0.3 is 24.8 Å². The van der Waals surface area contributed by atoms with Crippen molar-refractivity contribution in [2.75, 3.05) is 0 Å². The Bertz CT molecular complexity index is 1640. The number of halogens is 2. The van der Waals surface area contributed by atoms with Crippen LogP contribution in [0.1, 0.15) is 116 Å². The Morgan fingerprint density at radius 1 is 0.829 bits per heavy atom. The molecule has 1 unspecified atom stereocenters. The average molecular weight is 665 g/mol. The predicted octanol–water partition coefficient (Wildman–Crippen LogP) is 4.32. The number of hydrogen-bond donors (Lipinski definition) is 0. The smallest absolute Gasteiger partial charge is 1.00 e. The molecule has 2 aromatic carbocycles. The van der Waals surface area contributed by atoms with Crippen molar-refractivity contribution < 1.29 is 46.1 Å². The van der Waals surface area contributed by atoms with E-state index in [1.54, 1.807) is 20.9 Å². The van der Waals surface area contributed by atoms with Gasteiger partial charge in [0, 0.05) is 0 Å². The Kier molecular flexibility index (Phi) is 8.30. The fourth-order valence-electron chi connectivity index (χ4n) is 8.07. The summed E-state index contributed by atoms with van der Waals surface area (Å²) >= 11 is -2.25. The minimum absolute atomic E-state index is 0. The molecule has 216 valence electrons. The SMILES string of the molecule is CC1=CC(C)(C)c2cc3c(cc21)-c1cc2c(cc1C3)C(C)(C)[C]([Zr+2]([C]1=CC(C(C)(C)C)=CC1C)=[C](C)C)=C2C.[Cl-].[Cl-]. The van der Waals surface area contributed by atoms with Crippen molar-refractivity contribution in [2.24, 2.45) is 11.3 Å². The van der Waals surface area contributed by atoms with E-state index in [1.165, 1.54) is 50.1 Å². The van der Waals surface area contributed by atoms with Crippen LogP contribution in [0.15, 0.2) is 54.6 Å². The van der Waals surface area contributed by atoms with Gasteiger partial charge in [-0.15, -0.1) is 0 Å². The van der Waals surface area contributed by atoms with Crippen LogP contribution in [0.4, 0.5) is 0 Å². The van der Waals surface area contributed by atoms with E-state index in [4.69, 9.17) is 0 Å². The normalized spacial score (nSPS) is 20.5. The summed E-state index contributed by atoms with van der Waals surface area (Å²) in [6.45, 7) is 28.9. The first-order valence-corrected chi connectivity index (χ1v) is 18.6. The molecule has 3 heteroatoms. The van der Waals surface area contributed by atoms with Gasteiger partial charge in [0.15, 0.2) is 0 Å². The molecule has 0 aliphatic heterocycles. The van der Waals surface area contributed by atoms with Crippen LogP contribution >= 0.6 is 0 Å². The molecule has 0 N–H and O–H groups in total. The van der Waals surface area contributed by atoms with Gasteiger partial charge in [-0.05, 0) is 0 Å². The maximum absolute atomic E-state index is 2.62. The summed E-state index contributed by atoms with van der Waals surface area (Å²) in [4.78, 5) is 0. The van der Waals surface area contributed by atoms with Gasteiger partial charge in [-0.3, -0.25) is 0 Å². The fourth-order valence-corrected chi connectivity index (χ4v) is 16.6. The predicted molar refractivity (Wildman–Crippen MR) is 168 cm³/mol. The van der Waals surface area contributed by atoms with Crippen molar-refractivity contribution in [1.82, 2.24) is 0 Å². The molecule has 41 heavy (non-hydrogen) atoms. The van der Waals surface area contributed by atoms with E-state index in [9.17, 15) is 0 Å². The van der Waals surface area contributed by atoms with E-state index in [2.05, 4.69) is 126 Å². The molecule has 4 aliphatic rings. The molecule has 0 saturated heterocycles. The topological polar surface area (TPSA) is 0 Å². The van der Waals surface area contributed by atoms with Crippen molar-refractivity contribution in [3.8, 4) is 11.1 Å². The molecule has 6 rings (SSSR count). The molecule has 1 atom stereocenters. The van der Waals surface area contributed by atoms with E-state index in [0.717, 1.165) is 6.42 Å². The number of benzene rings is 2. The monoisotopic (exact) mass is 662 g/mol. The molecule has 0 bridgehead atoms. The second-order valence-electron chi connectivity index (χ2n) is 15.1. The van der Waals surface area contributed by atoms with Gasteiger partial charge in [0.1, 0.15) is 0 Å². The van der Waals surface area contributed by atoms with Crippen LogP contribution in [0.5, 0.6) is 0 Å². The molecule has 0 saturated carbocycles. The van der Waals surface area contributed by atoms with Crippen LogP contribution in [0, 0.1) is 11.3 Å². The van der Waals surface area contributed by atoms with Gasteiger partial charge in [0.05, 0.1) is 0 Å². The Morgan fingerprint density at radius 2 is 1.39 bits per heavy atom. The Morgan fingerprint density at radius 3 is 1.93 bits per heavy atom. The molecule has 0 heterocycles. The number of hydrogen-bond acceptors (Lipinski definition) is 0. The standard InChI is InChI=1S/C25H25.C10H15.C3H6.2ClH.Zr/c1-14-12-24(3,4)22-8-16-7-17-9-23-19(15(2)13-25(23,5)6)11-21(17)20(16)10-18(14)22;1-8-5-6-9(7-8)10(2,3)4;1-3-2;;;/h8-12H,7H2,1-6H3;6-8H,1-4H3;1-2H3;2*1H;/q;;;;;+2/p-2. The van der Waals surface area contributed by atoms with Crippen molar-refractivity contribution in [2.45, 2.75) is 100 Å². The van der Waals surface area contributed by atoms with Crippen LogP contribution in [-0.2, 0) is 38.5 Å². The maximum atomic E-state index is 2.62. The summed E-state index contributed by atoms with van der Waals surface area (Å²) in [5.41, 5.74) is 17.0. The molecule has 0 nitrogen and oxygen atoms in total. The quantitative estimate of drug-likeness (QED) is 0.383. The third kappa shape index (κ3) is 4.86. The van der Waals surface area contributed by atoms with E-state index < -0.39 is 21.3 Å². The first-order chi connectivity index (χ1) is 18.0. The van der Waals surface area contributed by atoms with Crippen LogP contribution in [0.25, 0.3) is 22.3 Å². The molecule has 0 amide bonds. The van der Waals surface area contributed by atoms with Crippen molar-refractivity contribution in [1.29, 1.82) is 0 Å². The van der Waals surface area contributed by atoms with E-state index in [0.29, 0.717) is 5.92 Å². The summed E-state index contributed by atoms with van der Waals surface area (Å²) < 4.78 is 5.28. The van der Waals surface area contributed by atoms with Gasteiger partial charge in [0.2, 0.25) is 0 Å². The van der Waals surface area contributed by atoms with Crippen molar-refractivity contribution in [3.05, 3.63) is 88.0 Å². The molecular weight excluding hydrogens is 619 g/mol. The third-order valence-electron chi connectivity index (χ3n) is 10.1. The zero-order valence-electron chi connectivity index (χ0n) is 27.1. The second-order valence-corrected chi connectivity index (χ2v) is 22.0. The first-order valence-electron chi connectivity index (χ1n) is 14.9. The Balaban J connectivity index is 0.00000194. The summed E-state index contributed by atoms with van der Waals surface area (Å²) in [7, 11) is 0. The number of fused-ring (bicyclic) bond motifs is 5. The molecule has 0 aromatic heterocycles. The number of rotatable bonds is 2. The summed E-state index contributed by atoms with van der Waals surface area (Å²) in [5.74, 6) is 0.558. The maximum Gasteiger partial charge on any atom is -1.00 e. The zero-order chi connectivity index (χ0) is 28.4. The van der Waals surface area contributed by atoms with Crippen LogP contribution in [0.2, 0.25) is 0 Å².